The topological polar surface area (TPSA) is 116 Å². The van der Waals surface area contributed by atoms with Crippen molar-refractivity contribution in [2.45, 2.75) is 33.3 Å². The molecule has 3 aromatic rings. The molecular weight excluding hydrogens is 472 g/mol. The van der Waals surface area contributed by atoms with Gasteiger partial charge in [-0.15, -0.1) is 0 Å². The summed E-state index contributed by atoms with van der Waals surface area (Å²) in [6.07, 6.45) is 2.50. The van der Waals surface area contributed by atoms with Crippen molar-refractivity contribution in [3.8, 4) is 5.75 Å². The molecule has 0 N–H and O–H groups in total. The van der Waals surface area contributed by atoms with E-state index in [0.717, 1.165) is 23.1 Å². The second kappa shape index (κ2) is 9.91. The van der Waals surface area contributed by atoms with Gasteiger partial charge in [0.05, 0.1) is 28.8 Å². The third-order valence-electron chi connectivity index (χ3n) is 5.85. The summed E-state index contributed by atoms with van der Waals surface area (Å²) in [5.74, 6) is 0.115. The van der Waals surface area contributed by atoms with Crippen LogP contribution in [-0.2, 0) is 27.8 Å². The number of carbonyl (C=O) groups is 2. The number of ether oxygens (including phenoxy) is 2. The van der Waals surface area contributed by atoms with Gasteiger partial charge >= 0.3 is 5.97 Å². The monoisotopic (exact) mass is 498 g/mol. The molecule has 0 atom stereocenters. The van der Waals surface area contributed by atoms with E-state index in [2.05, 4.69) is 5.16 Å². The second-order valence-electron chi connectivity index (χ2n) is 8.40. The fraction of sp³-hybridized carbons (Fsp3) is 0.320. The third kappa shape index (κ3) is 5.54. The highest BCUT2D eigenvalue weighted by Crippen LogP contribution is 2.30. The zero-order valence-electron chi connectivity index (χ0n) is 19.7. The maximum atomic E-state index is 12.7. The Morgan fingerprint density at radius 1 is 1.11 bits per heavy atom. The van der Waals surface area contributed by atoms with E-state index in [4.69, 9.17) is 14.0 Å². The smallest absolute Gasteiger partial charge is 0.338 e. The number of hydrogen-bond donors (Lipinski definition) is 0. The number of fused-ring (bicyclic) bond motifs is 1. The summed E-state index contributed by atoms with van der Waals surface area (Å²) in [5, 5.41) is 3.89. The molecule has 0 saturated carbocycles. The van der Waals surface area contributed by atoms with Crippen LogP contribution in [0, 0.1) is 13.8 Å². The zero-order chi connectivity index (χ0) is 25.2. The highest BCUT2D eigenvalue weighted by Gasteiger charge is 2.25. The van der Waals surface area contributed by atoms with E-state index in [1.807, 2.05) is 6.92 Å². The summed E-state index contributed by atoms with van der Waals surface area (Å²) in [6, 6.07) is 11.4. The molecule has 1 aliphatic rings. The molecule has 0 amide bonds. The van der Waals surface area contributed by atoms with Gasteiger partial charge in [-0.1, -0.05) is 11.2 Å². The molecule has 0 radical (unpaired) electrons. The average Bonchev–Trinajstić information content (AvgIpc) is 3.16. The molecule has 10 heteroatoms. The van der Waals surface area contributed by atoms with Crippen molar-refractivity contribution in [2.24, 2.45) is 0 Å². The van der Waals surface area contributed by atoms with Gasteiger partial charge < -0.3 is 14.0 Å². The van der Waals surface area contributed by atoms with Gasteiger partial charge in [0.25, 0.3) is 0 Å². The van der Waals surface area contributed by atoms with Crippen molar-refractivity contribution in [2.75, 3.05) is 23.7 Å². The summed E-state index contributed by atoms with van der Waals surface area (Å²) < 4.78 is 41.5. The van der Waals surface area contributed by atoms with Crippen LogP contribution in [0.2, 0.25) is 0 Å². The summed E-state index contributed by atoms with van der Waals surface area (Å²) in [5.41, 5.74) is 3.56. The maximum absolute atomic E-state index is 12.7. The van der Waals surface area contributed by atoms with Gasteiger partial charge in [-0.3, -0.25) is 9.10 Å². The summed E-state index contributed by atoms with van der Waals surface area (Å²) in [6.45, 7) is 3.85. The Labute approximate surface area is 203 Å². The highest BCUT2D eigenvalue weighted by molar-refractivity contribution is 7.92. The summed E-state index contributed by atoms with van der Waals surface area (Å²) >= 11 is 0. The van der Waals surface area contributed by atoms with Crippen LogP contribution in [0.15, 0.2) is 47.0 Å². The molecule has 0 spiro atoms. The number of esters is 1. The molecule has 1 aliphatic heterocycles. The lowest BCUT2D eigenvalue weighted by molar-refractivity contribution is 0.0474. The normalized spacial score (nSPS) is 13.3. The van der Waals surface area contributed by atoms with Crippen LogP contribution < -0.4 is 9.04 Å². The molecule has 2 aromatic carbocycles. The standard InChI is InChI=1S/C25H26N2O7S/c1-16-22(17(2)34-26-16)14-32-21-8-4-6-20(13-21)25(29)33-15-24(28)19-9-10-23-18(12-19)7-5-11-27(23)35(3,30)31/h4,6,8-10,12-13H,5,7,11,14-15H2,1-3H3. The van der Waals surface area contributed by atoms with Gasteiger partial charge in [0.1, 0.15) is 18.1 Å². The number of Topliss-reactive ketones (excluding diaryl/α,β-unsaturated/α-hetero) is 1. The second-order valence-corrected chi connectivity index (χ2v) is 10.3. The fourth-order valence-corrected chi connectivity index (χ4v) is 4.95. The Bertz CT molecular complexity index is 1360. The predicted octanol–water partition coefficient (Wildman–Crippen LogP) is 3.62. The molecule has 0 aliphatic carbocycles. The van der Waals surface area contributed by atoms with E-state index in [1.54, 1.807) is 49.4 Å². The highest BCUT2D eigenvalue weighted by atomic mass is 32.2. The first kappa shape index (κ1) is 24.5. The van der Waals surface area contributed by atoms with Crippen molar-refractivity contribution >= 4 is 27.5 Å². The Morgan fingerprint density at radius 3 is 2.63 bits per heavy atom. The van der Waals surface area contributed by atoms with E-state index in [1.165, 1.54) is 4.31 Å². The minimum atomic E-state index is -3.39. The van der Waals surface area contributed by atoms with Crippen LogP contribution in [0.4, 0.5) is 5.69 Å². The molecule has 0 bridgehead atoms. The third-order valence-corrected chi connectivity index (χ3v) is 7.03. The lowest BCUT2D eigenvalue weighted by atomic mass is 9.99. The van der Waals surface area contributed by atoms with Gasteiger partial charge in [0, 0.05) is 12.1 Å². The molecule has 2 heterocycles. The molecule has 1 aromatic heterocycles. The largest absolute Gasteiger partial charge is 0.489 e. The van der Waals surface area contributed by atoms with Gasteiger partial charge in [0.15, 0.2) is 12.4 Å². The zero-order valence-corrected chi connectivity index (χ0v) is 20.6. The van der Waals surface area contributed by atoms with Crippen LogP contribution in [0.25, 0.3) is 0 Å². The number of ketones is 1. The van der Waals surface area contributed by atoms with Gasteiger partial charge in [-0.05, 0) is 68.7 Å². The number of anilines is 1. The fourth-order valence-electron chi connectivity index (χ4n) is 3.95. The Hall–Kier alpha value is -3.66. The lowest BCUT2D eigenvalue weighted by Crippen LogP contribution is -2.34. The number of benzene rings is 2. The number of hydrogen-bond acceptors (Lipinski definition) is 8. The van der Waals surface area contributed by atoms with Crippen molar-refractivity contribution in [1.29, 1.82) is 0 Å². The number of rotatable bonds is 8. The minimum Gasteiger partial charge on any atom is -0.489 e. The molecule has 9 nitrogen and oxygen atoms in total. The van der Waals surface area contributed by atoms with Crippen molar-refractivity contribution in [3.05, 3.63) is 76.2 Å². The Morgan fingerprint density at radius 2 is 1.91 bits per heavy atom. The van der Waals surface area contributed by atoms with E-state index < -0.39 is 22.6 Å². The van der Waals surface area contributed by atoms with Crippen molar-refractivity contribution in [3.63, 3.8) is 0 Å². The van der Waals surface area contributed by atoms with E-state index >= 15 is 0 Å². The number of carbonyl (C=O) groups excluding carboxylic acids is 2. The van der Waals surface area contributed by atoms with E-state index in [9.17, 15) is 18.0 Å². The maximum Gasteiger partial charge on any atom is 0.338 e. The number of aryl methyl sites for hydroxylation is 3. The van der Waals surface area contributed by atoms with E-state index in [0.29, 0.717) is 42.1 Å². The van der Waals surface area contributed by atoms with Crippen molar-refractivity contribution < 1.29 is 32.0 Å². The molecule has 0 unspecified atom stereocenters. The van der Waals surface area contributed by atoms with Crippen LogP contribution in [0.3, 0.4) is 0 Å². The summed E-state index contributed by atoms with van der Waals surface area (Å²) in [7, 11) is -3.39. The first-order chi connectivity index (χ1) is 16.6. The summed E-state index contributed by atoms with van der Waals surface area (Å²) in [4.78, 5) is 25.2. The Kier molecular flexibility index (Phi) is 6.93. The average molecular weight is 499 g/mol. The van der Waals surface area contributed by atoms with Gasteiger partial charge in [0.2, 0.25) is 10.0 Å². The van der Waals surface area contributed by atoms with Crippen LogP contribution in [-0.4, -0.2) is 44.7 Å². The molecule has 184 valence electrons. The van der Waals surface area contributed by atoms with Crippen LogP contribution in [0.1, 0.15) is 49.7 Å². The van der Waals surface area contributed by atoms with Gasteiger partial charge in [-0.25, -0.2) is 13.2 Å². The molecule has 0 saturated heterocycles. The SMILES string of the molecule is Cc1noc(C)c1COc1cccc(C(=O)OCC(=O)c2ccc3c(c2)CCCN3S(C)(=O)=O)c1. The molecule has 35 heavy (non-hydrogen) atoms. The first-order valence-corrected chi connectivity index (χ1v) is 12.9. The van der Waals surface area contributed by atoms with Crippen LogP contribution in [0.5, 0.6) is 5.75 Å². The number of sulfonamides is 1. The van der Waals surface area contributed by atoms with E-state index in [-0.39, 0.29) is 18.0 Å². The molecule has 4 rings (SSSR count). The first-order valence-electron chi connectivity index (χ1n) is 11.1. The minimum absolute atomic E-state index is 0.243. The van der Waals surface area contributed by atoms with Gasteiger partial charge in [-0.2, -0.15) is 0 Å². The quantitative estimate of drug-likeness (QED) is 0.342. The van der Waals surface area contributed by atoms with Crippen molar-refractivity contribution in [1.82, 2.24) is 5.16 Å². The number of aromatic nitrogens is 1. The predicted molar refractivity (Wildman–Crippen MR) is 128 cm³/mol. The molecular formula is C25H26N2O7S. The number of nitrogens with zero attached hydrogens (tertiary/aromatic N) is 2. The van der Waals surface area contributed by atoms with Crippen LogP contribution >= 0.6 is 0 Å². The molecule has 0 fully saturated rings. The Balaban J connectivity index is 1.38. The lowest BCUT2D eigenvalue weighted by Gasteiger charge is -2.29.